The molecule has 0 aliphatic carbocycles. The number of piperidine rings is 1. The van der Waals surface area contributed by atoms with Crippen LogP contribution in [0.3, 0.4) is 0 Å². The molecule has 2 aromatic rings. The van der Waals surface area contributed by atoms with Crippen molar-refractivity contribution in [2.75, 3.05) is 19.7 Å². The van der Waals surface area contributed by atoms with E-state index in [1.54, 1.807) is 0 Å². The van der Waals surface area contributed by atoms with Crippen LogP contribution < -0.4 is 4.74 Å². The Balaban J connectivity index is 1.29. The predicted molar refractivity (Wildman–Crippen MR) is 99.2 cm³/mol. The van der Waals surface area contributed by atoms with Gasteiger partial charge in [-0.15, -0.1) is 0 Å². The minimum absolute atomic E-state index is 0.0194. The fourth-order valence-corrected chi connectivity index (χ4v) is 3.49. The number of hydrogen-bond acceptors (Lipinski definition) is 4. The van der Waals surface area contributed by atoms with E-state index in [2.05, 4.69) is 17.3 Å². The molecule has 1 amide bonds. The quantitative estimate of drug-likeness (QED) is 0.850. The van der Waals surface area contributed by atoms with E-state index in [1.807, 2.05) is 53.4 Å². The van der Waals surface area contributed by atoms with Gasteiger partial charge in [-0.1, -0.05) is 53.7 Å². The van der Waals surface area contributed by atoms with Gasteiger partial charge in [0.25, 0.3) is 5.91 Å². The third-order valence-electron chi connectivity index (χ3n) is 5.08. The lowest BCUT2D eigenvalue weighted by Gasteiger charge is -2.37. The Bertz CT molecular complexity index is 781. The summed E-state index contributed by atoms with van der Waals surface area (Å²) in [5, 5.41) is 4.32. The van der Waals surface area contributed by atoms with E-state index >= 15 is 0 Å². The van der Waals surface area contributed by atoms with Crippen molar-refractivity contribution in [1.82, 2.24) is 4.90 Å². The number of rotatable bonds is 4. The second-order valence-corrected chi connectivity index (χ2v) is 6.84. The molecule has 0 atom stereocenters. The molecule has 0 saturated carbocycles. The van der Waals surface area contributed by atoms with Crippen molar-refractivity contribution >= 4 is 11.6 Å². The standard InChI is InChI=1S/C21H22N2O3/c24-20(16-25-18-9-5-2-6-10-18)23-13-11-21(12-14-23)15-19(22-26-21)17-7-3-1-4-8-17/h1-10H,11-16H2. The zero-order valence-electron chi connectivity index (χ0n) is 14.6. The van der Waals surface area contributed by atoms with Crippen molar-refractivity contribution in [2.24, 2.45) is 5.16 Å². The summed E-state index contributed by atoms with van der Waals surface area (Å²) in [5.74, 6) is 0.736. The molecule has 4 rings (SSSR count). The normalized spacial score (nSPS) is 18.3. The highest BCUT2D eigenvalue weighted by Crippen LogP contribution is 2.36. The van der Waals surface area contributed by atoms with Crippen molar-refractivity contribution in [3.05, 3.63) is 66.2 Å². The second-order valence-electron chi connectivity index (χ2n) is 6.84. The molecule has 2 heterocycles. The van der Waals surface area contributed by atoms with Crippen LogP contribution in [0.4, 0.5) is 0 Å². The third-order valence-corrected chi connectivity index (χ3v) is 5.08. The van der Waals surface area contributed by atoms with Gasteiger partial charge in [0.2, 0.25) is 0 Å². The summed E-state index contributed by atoms with van der Waals surface area (Å²) in [6.07, 6.45) is 2.40. The number of carbonyl (C=O) groups is 1. The molecule has 134 valence electrons. The summed E-state index contributed by atoms with van der Waals surface area (Å²) in [7, 11) is 0. The van der Waals surface area contributed by atoms with E-state index in [9.17, 15) is 4.79 Å². The van der Waals surface area contributed by atoms with Crippen LogP contribution in [0.15, 0.2) is 65.8 Å². The minimum Gasteiger partial charge on any atom is -0.484 e. The minimum atomic E-state index is -0.262. The number of oxime groups is 1. The summed E-state index contributed by atoms with van der Waals surface area (Å²) < 4.78 is 5.57. The lowest BCUT2D eigenvalue weighted by Crippen LogP contribution is -2.48. The maximum atomic E-state index is 12.4. The van der Waals surface area contributed by atoms with Crippen molar-refractivity contribution in [3.8, 4) is 5.75 Å². The molecule has 0 N–H and O–H groups in total. The van der Waals surface area contributed by atoms with Crippen LogP contribution in [0.1, 0.15) is 24.8 Å². The molecule has 1 spiro atoms. The van der Waals surface area contributed by atoms with E-state index in [0.29, 0.717) is 18.8 Å². The zero-order chi connectivity index (χ0) is 17.8. The molecule has 1 fully saturated rings. The Morgan fingerprint density at radius 3 is 2.38 bits per heavy atom. The molecule has 5 nitrogen and oxygen atoms in total. The monoisotopic (exact) mass is 350 g/mol. The second kappa shape index (κ2) is 7.20. The summed E-state index contributed by atoms with van der Waals surface area (Å²) in [6, 6.07) is 19.6. The number of likely N-dealkylation sites (tertiary alicyclic amines) is 1. The first-order valence-electron chi connectivity index (χ1n) is 9.00. The van der Waals surface area contributed by atoms with E-state index < -0.39 is 0 Å². The fourth-order valence-electron chi connectivity index (χ4n) is 3.49. The van der Waals surface area contributed by atoms with Gasteiger partial charge in [0, 0.05) is 32.4 Å². The molecule has 26 heavy (non-hydrogen) atoms. The largest absolute Gasteiger partial charge is 0.484 e. The van der Waals surface area contributed by atoms with Gasteiger partial charge in [0.15, 0.2) is 6.61 Å². The Hall–Kier alpha value is -2.82. The van der Waals surface area contributed by atoms with E-state index in [-0.39, 0.29) is 18.1 Å². The number of hydrogen-bond donors (Lipinski definition) is 0. The van der Waals surface area contributed by atoms with Gasteiger partial charge in [-0.05, 0) is 17.7 Å². The molecular formula is C21H22N2O3. The number of amides is 1. The number of benzene rings is 2. The molecule has 5 heteroatoms. The first-order valence-corrected chi connectivity index (χ1v) is 9.00. The van der Waals surface area contributed by atoms with Crippen LogP contribution in [0.2, 0.25) is 0 Å². The van der Waals surface area contributed by atoms with Crippen molar-refractivity contribution < 1.29 is 14.4 Å². The van der Waals surface area contributed by atoms with Gasteiger partial charge in [-0.3, -0.25) is 4.79 Å². The number of carbonyl (C=O) groups excluding carboxylic acids is 1. The Morgan fingerprint density at radius 2 is 1.69 bits per heavy atom. The van der Waals surface area contributed by atoms with Crippen LogP contribution in [0.5, 0.6) is 5.75 Å². The first kappa shape index (κ1) is 16.6. The lowest BCUT2D eigenvalue weighted by atomic mass is 9.85. The number of nitrogens with zero attached hydrogens (tertiary/aromatic N) is 2. The number of ether oxygens (including phenoxy) is 1. The highest BCUT2D eigenvalue weighted by molar-refractivity contribution is 6.01. The average molecular weight is 350 g/mol. The van der Waals surface area contributed by atoms with Gasteiger partial charge in [0.05, 0.1) is 5.71 Å². The van der Waals surface area contributed by atoms with E-state index in [0.717, 1.165) is 30.5 Å². The Labute approximate surface area is 153 Å². The van der Waals surface area contributed by atoms with Crippen LogP contribution >= 0.6 is 0 Å². The highest BCUT2D eigenvalue weighted by Gasteiger charge is 2.43. The molecule has 2 aromatic carbocycles. The summed E-state index contributed by atoms with van der Waals surface area (Å²) in [5.41, 5.74) is 1.85. The Kier molecular flexibility index (Phi) is 4.61. The predicted octanol–water partition coefficient (Wildman–Crippen LogP) is 3.25. The molecule has 1 saturated heterocycles. The van der Waals surface area contributed by atoms with Crippen molar-refractivity contribution in [1.29, 1.82) is 0 Å². The smallest absolute Gasteiger partial charge is 0.260 e. The van der Waals surface area contributed by atoms with Gasteiger partial charge >= 0.3 is 0 Å². The van der Waals surface area contributed by atoms with Gasteiger partial charge in [0.1, 0.15) is 11.4 Å². The van der Waals surface area contributed by atoms with Gasteiger partial charge in [-0.25, -0.2) is 0 Å². The zero-order valence-corrected chi connectivity index (χ0v) is 14.6. The van der Waals surface area contributed by atoms with Crippen LogP contribution in [-0.2, 0) is 9.63 Å². The van der Waals surface area contributed by atoms with E-state index in [4.69, 9.17) is 9.57 Å². The third kappa shape index (κ3) is 3.57. The maximum Gasteiger partial charge on any atom is 0.260 e. The van der Waals surface area contributed by atoms with Crippen LogP contribution in [0.25, 0.3) is 0 Å². The van der Waals surface area contributed by atoms with Crippen LogP contribution in [0, 0.1) is 0 Å². The molecule has 2 aliphatic heterocycles. The van der Waals surface area contributed by atoms with E-state index in [1.165, 1.54) is 0 Å². The van der Waals surface area contributed by atoms with Crippen molar-refractivity contribution in [3.63, 3.8) is 0 Å². The molecule has 0 radical (unpaired) electrons. The first-order chi connectivity index (χ1) is 12.7. The molecule has 2 aliphatic rings. The maximum absolute atomic E-state index is 12.4. The number of para-hydroxylation sites is 1. The fraction of sp³-hybridized carbons (Fsp3) is 0.333. The molecular weight excluding hydrogens is 328 g/mol. The SMILES string of the molecule is O=C(COc1ccccc1)N1CCC2(CC1)CC(c1ccccc1)=NO2. The highest BCUT2D eigenvalue weighted by atomic mass is 16.7. The Morgan fingerprint density at radius 1 is 1.04 bits per heavy atom. The average Bonchev–Trinajstić information content (AvgIpc) is 3.12. The summed E-state index contributed by atoms with van der Waals surface area (Å²) in [6.45, 7) is 1.42. The molecule has 0 unspecified atom stereocenters. The van der Waals surface area contributed by atoms with Crippen LogP contribution in [-0.4, -0.2) is 41.8 Å². The molecule has 0 bridgehead atoms. The van der Waals surface area contributed by atoms with Crippen molar-refractivity contribution in [2.45, 2.75) is 24.9 Å². The van der Waals surface area contributed by atoms with Gasteiger partial charge < -0.3 is 14.5 Å². The molecule has 0 aromatic heterocycles. The topological polar surface area (TPSA) is 51.1 Å². The van der Waals surface area contributed by atoms with Gasteiger partial charge in [-0.2, -0.15) is 0 Å². The lowest BCUT2D eigenvalue weighted by molar-refractivity contribution is -0.139. The summed E-state index contributed by atoms with van der Waals surface area (Å²) in [4.78, 5) is 20.1. The summed E-state index contributed by atoms with van der Waals surface area (Å²) >= 11 is 0.